The largest absolute Gasteiger partial charge is 0.448 e. The van der Waals surface area contributed by atoms with Crippen LogP contribution in [0.15, 0.2) is 0 Å². The number of carbonyl (C=O) groups is 1. The van der Waals surface area contributed by atoms with Crippen LogP contribution in [0.1, 0.15) is 12.8 Å². The third-order valence-electron chi connectivity index (χ3n) is 2.07. The number of aliphatic hydroxyl groups is 1. The molecule has 1 heterocycles. The van der Waals surface area contributed by atoms with E-state index in [9.17, 15) is 9.90 Å². The Morgan fingerprint density at radius 3 is 2.69 bits per heavy atom. The molecule has 1 rings (SSSR count). The van der Waals surface area contributed by atoms with Crippen LogP contribution >= 0.6 is 0 Å². The monoisotopic (exact) mass is 188 g/mol. The maximum absolute atomic E-state index is 11.2. The zero-order valence-electron chi connectivity index (χ0n) is 7.61. The van der Waals surface area contributed by atoms with Crippen LogP contribution in [0.5, 0.6) is 0 Å². The van der Waals surface area contributed by atoms with Crippen molar-refractivity contribution in [3.05, 3.63) is 0 Å². The lowest BCUT2D eigenvalue weighted by Gasteiger charge is -2.28. The molecule has 1 aliphatic rings. The van der Waals surface area contributed by atoms with Gasteiger partial charge in [0.05, 0.1) is 6.10 Å². The summed E-state index contributed by atoms with van der Waals surface area (Å²) in [6, 6.07) is 0. The van der Waals surface area contributed by atoms with Crippen molar-refractivity contribution in [3.8, 4) is 0 Å². The lowest BCUT2D eigenvalue weighted by Crippen LogP contribution is -2.40. The van der Waals surface area contributed by atoms with Crippen molar-refractivity contribution in [2.75, 3.05) is 26.2 Å². The minimum Gasteiger partial charge on any atom is -0.448 e. The number of hydrogen-bond donors (Lipinski definition) is 2. The molecule has 0 unspecified atom stereocenters. The second-order valence-corrected chi connectivity index (χ2v) is 3.12. The molecule has 13 heavy (non-hydrogen) atoms. The summed E-state index contributed by atoms with van der Waals surface area (Å²) >= 11 is 0. The van der Waals surface area contributed by atoms with Gasteiger partial charge in [-0.25, -0.2) is 4.79 Å². The lowest BCUT2D eigenvalue weighted by molar-refractivity contribution is 0.0605. The minimum absolute atomic E-state index is 0.262. The quantitative estimate of drug-likeness (QED) is 0.614. The van der Waals surface area contributed by atoms with Gasteiger partial charge in [0.2, 0.25) is 0 Å². The fourth-order valence-corrected chi connectivity index (χ4v) is 1.29. The van der Waals surface area contributed by atoms with E-state index in [1.807, 2.05) is 0 Å². The minimum atomic E-state index is -0.322. The van der Waals surface area contributed by atoms with Gasteiger partial charge in [0.1, 0.15) is 6.61 Å². The van der Waals surface area contributed by atoms with Crippen LogP contribution in [0.3, 0.4) is 0 Å². The number of nitrogens with zero attached hydrogens (tertiary/aromatic N) is 1. The Kier molecular flexibility index (Phi) is 3.98. The van der Waals surface area contributed by atoms with E-state index in [0.29, 0.717) is 32.5 Å². The van der Waals surface area contributed by atoms with E-state index >= 15 is 0 Å². The van der Waals surface area contributed by atoms with Gasteiger partial charge < -0.3 is 20.5 Å². The fraction of sp³-hybridized carbons (Fsp3) is 0.875. The van der Waals surface area contributed by atoms with Crippen LogP contribution < -0.4 is 5.73 Å². The Morgan fingerprint density at radius 1 is 1.54 bits per heavy atom. The first-order valence-electron chi connectivity index (χ1n) is 4.54. The summed E-state index contributed by atoms with van der Waals surface area (Å²) in [6.45, 7) is 1.76. The number of aliphatic hydroxyl groups excluding tert-OH is 1. The van der Waals surface area contributed by atoms with Gasteiger partial charge in [-0.2, -0.15) is 0 Å². The number of likely N-dealkylation sites (tertiary alicyclic amines) is 1. The highest BCUT2D eigenvalue weighted by atomic mass is 16.6. The summed E-state index contributed by atoms with van der Waals surface area (Å²) in [7, 11) is 0. The number of ether oxygens (including phenoxy) is 1. The van der Waals surface area contributed by atoms with Gasteiger partial charge in [-0.05, 0) is 12.8 Å². The Bertz CT molecular complexity index is 167. The van der Waals surface area contributed by atoms with Crippen molar-refractivity contribution in [2.24, 2.45) is 5.73 Å². The molecule has 1 amide bonds. The van der Waals surface area contributed by atoms with Gasteiger partial charge in [0.15, 0.2) is 0 Å². The zero-order valence-corrected chi connectivity index (χ0v) is 7.61. The van der Waals surface area contributed by atoms with Gasteiger partial charge in [0, 0.05) is 19.6 Å². The van der Waals surface area contributed by atoms with Gasteiger partial charge in [-0.3, -0.25) is 0 Å². The molecule has 0 aromatic heterocycles. The predicted molar refractivity (Wildman–Crippen MR) is 47.2 cm³/mol. The molecule has 0 spiro atoms. The van der Waals surface area contributed by atoms with Crippen LogP contribution in [-0.2, 0) is 4.74 Å². The van der Waals surface area contributed by atoms with Crippen LogP contribution in [-0.4, -0.2) is 48.4 Å². The van der Waals surface area contributed by atoms with Crippen molar-refractivity contribution < 1.29 is 14.6 Å². The summed E-state index contributed by atoms with van der Waals surface area (Å²) in [5, 5.41) is 9.19. The summed E-state index contributed by atoms with van der Waals surface area (Å²) in [6.07, 6.45) is 0.686. The summed E-state index contributed by atoms with van der Waals surface area (Å²) in [5.41, 5.74) is 5.19. The van der Waals surface area contributed by atoms with Crippen molar-refractivity contribution in [1.82, 2.24) is 4.90 Å². The molecular weight excluding hydrogens is 172 g/mol. The SMILES string of the molecule is NCCOC(=O)N1CCC(O)CC1. The van der Waals surface area contributed by atoms with Crippen LogP contribution in [0, 0.1) is 0 Å². The molecule has 1 saturated heterocycles. The van der Waals surface area contributed by atoms with Crippen LogP contribution in [0.2, 0.25) is 0 Å². The van der Waals surface area contributed by atoms with Crippen molar-refractivity contribution in [1.29, 1.82) is 0 Å². The Balaban J connectivity index is 2.23. The first-order chi connectivity index (χ1) is 6.24. The molecular formula is C8H16N2O3. The molecule has 0 radical (unpaired) electrons. The fourth-order valence-electron chi connectivity index (χ4n) is 1.29. The Hall–Kier alpha value is -0.810. The Morgan fingerprint density at radius 2 is 2.15 bits per heavy atom. The lowest BCUT2D eigenvalue weighted by atomic mass is 10.1. The van der Waals surface area contributed by atoms with Gasteiger partial charge in [0.25, 0.3) is 0 Å². The molecule has 1 aliphatic heterocycles. The van der Waals surface area contributed by atoms with Gasteiger partial charge >= 0.3 is 6.09 Å². The van der Waals surface area contributed by atoms with Gasteiger partial charge in [-0.15, -0.1) is 0 Å². The van der Waals surface area contributed by atoms with Crippen LogP contribution in [0.25, 0.3) is 0 Å². The second-order valence-electron chi connectivity index (χ2n) is 3.12. The second kappa shape index (κ2) is 5.04. The first-order valence-corrected chi connectivity index (χ1v) is 4.54. The molecule has 3 N–H and O–H groups in total. The van der Waals surface area contributed by atoms with Gasteiger partial charge in [-0.1, -0.05) is 0 Å². The van der Waals surface area contributed by atoms with E-state index in [2.05, 4.69) is 0 Å². The topological polar surface area (TPSA) is 75.8 Å². The zero-order chi connectivity index (χ0) is 9.68. The molecule has 0 saturated carbocycles. The maximum atomic E-state index is 11.2. The number of hydrogen-bond acceptors (Lipinski definition) is 4. The van der Waals surface area contributed by atoms with Crippen LogP contribution in [0.4, 0.5) is 4.79 Å². The maximum Gasteiger partial charge on any atom is 0.409 e. The standard InChI is InChI=1S/C8H16N2O3/c9-3-6-13-8(12)10-4-1-7(11)2-5-10/h7,11H,1-6,9H2. The number of piperidine rings is 1. The average Bonchev–Trinajstić information content (AvgIpc) is 2.15. The molecule has 5 heteroatoms. The number of nitrogens with two attached hydrogens (primary N) is 1. The molecule has 5 nitrogen and oxygen atoms in total. The van der Waals surface area contributed by atoms with Crippen molar-refractivity contribution in [2.45, 2.75) is 18.9 Å². The van der Waals surface area contributed by atoms with Crippen molar-refractivity contribution in [3.63, 3.8) is 0 Å². The number of rotatable bonds is 2. The third kappa shape index (κ3) is 3.20. The van der Waals surface area contributed by atoms with E-state index in [1.165, 1.54) is 0 Å². The normalized spacial score (nSPS) is 18.8. The molecule has 0 aromatic carbocycles. The predicted octanol–water partition coefficient (Wildman–Crippen LogP) is -0.462. The summed E-state index contributed by atoms with van der Waals surface area (Å²) in [4.78, 5) is 12.8. The molecule has 0 atom stereocenters. The highest BCUT2D eigenvalue weighted by Crippen LogP contribution is 2.10. The van der Waals surface area contributed by atoms with E-state index in [1.54, 1.807) is 4.90 Å². The third-order valence-corrected chi connectivity index (χ3v) is 2.07. The van der Waals surface area contributed by atoms with E-state index in [-0.39, 0.29) is 18.8 Å². The molecule has 0 bridgehead atoms. The average molecular weight is 188 g/mol. The Labute approximate surface area is 77.5 Å². The molecule has 0 aromatic rings. The molecule has 1 fully saturated rings. The summed E-state index contributed by atoms with van der Waals surface area (Å²) in [5.74, 6) is 0. The number of carbonyl (C=O) groups excluding carboxylic acids is 1. The molecule has 76 valence electrons. The molecule has 0 aliphatic carbocycles. The highest BCUT2D eigenvalue weighted by molar-refractivity contribution is 5.67. The van der Waals surface area contributed by atoms with E-state index in [4.69, 9.17) is 10.5 Å². The summed E-state index contributed by atoms with van der Waals surface area (Å²) < 4.78 is 4.85. The van der Waals surface area contributed by atoms with E-state index < -0.39 is 0 Å². The highest BCUT2D eigenvalue weighted by Gasteiger charge is 2.21. The first kappa shape index (κ1) is 10.3. The smallest absolute Gasteiger partial charge is 0.409 e. The van der Waals surface area contributed by atoms with E-state index in [0.717, 1.165) is 0 Å². The number of amides is 1. The van der Waals surface area contributed by atoms with Crippen molar-refractivity contribution >= 4 is 6.09 Å².